The van der Waals surface area contributed by atoms with Crippen molar-refractivity contribution in [2.24, 2.45) is 0 Å². The van der Waals surface area contributed by atoms with E-state index in [2.05, 4.69) is 11.2 Å². The van der Waals surface area contributed by atoms with Gasteiger partial charge in [0.2, 0.25) is 0 Å². The second-order valence-electron chi connectivity index (χ2n) is 4.70. The van der Waals surface area contributed by atoms with Crippen molar-refractivity contribution in [1.82, 2.24) is 9.78 Å². The molecule has 3 aromatic rings. The van der Waals surface area contributed by atoms with E-state index in [1.165, 1.54) is 24.4 Å². The maximum atomic E-state index is 13.7. The number of hydrogen-bond donors (Lipinski definition) is 0. The molecule has 1 heterocycles. The Morgan fingerprint density at radius 3 is 2.35 bits per heavy atom. The lowest BCUT2D eigenvalue weighted by atomic mass is 10.1. The van der Waals surface area contributed by atoms with E-state index in [9.17, 15) is 22.0 Å². The Labute approximate surface area is 127 Å². The highest BCUT2D eigenvalue weighted by Gasteiger charge is 2.31. The van der Waals surface area contributed by atoms with E-state index in [0.717, 1.165) is 28.9 Å². The van der Waals surface area contributed by atoms with E-state index >= 15 is 0 Å². The SMILES string of the molecule is Fc1cccc(F)c1-n1ccc(-c2cc[c]c(C(F)(F)F)c2)n1. The third kappa shape index (κ3) is 2.94. The molecule has 0 bridgehead atoms. The van der Waals surface area contributed by atoms with Crippen molar-refractivity contribution in [2.45, 2.75) is 6.18 Å². The summed E-state index contributed by atoms with van der Waals surface area (Å²) in [5.41, 5.74) is -1.00. The third-order valence-electron chi connectivity index (χ3n) is 3.16. The van der Waals surface area contributed by atoms with Crippen molar-refractivity contribution in [1.29, 1.82) is 0 Å². The highest BCUT2D eigenvalue weighted by atomic mass is 19.4. The van der Waals surface area contributed by atoms with Gasteiger partial charge in [-0.1, -0.05) is 18.2 Å². The van der Waals surface area contributed by atoms with Crippen LogP contribution in [0.1, 0.15) is 5.56 Å². The summed E-state index contributed by atoms with van der Waals surface area (Å²) in [5, 5.41) is 3.95. The van der Waals surface area contributed by atoms with Crippen LogP contribution < -0.4 is 0 Å². The van der Waals surface area contributed by atoms with Crippen molar-refractivity contribution < 1.29 is 22.0 Å². The molecule has 0 N–H and O–H groups in total. The minimum atomic E-state index is -4.53. The summed E-state index contributed by atoms with van der Waals surface area (Å²) in [6.45, 7) is 0. The summed E-state index contributed by atoms with van der Waals surface area (Å²) >= 11 is 0. The molecule has 0 aliphatic carbocycles. The fraction of sp³-hybridized carbons (Fsp3) is 0.0625. The quantitative estimate of drug-likeness (QED) is 0.628. The number of hydrogen-bond acceptors (Lipinski definition) is 1. The monoisotopic (exact) mass is 323 g/mol. The molecule has 0 amide bonds. The summed E-state index contributed by atoms with van der Waals surface area (Å²) in [7, 11) is 0. The van der Waals surface area contributed by atoms with Gasteiger partial charge in [0, 0.05) is 11.8 Å². The number of aromatic nitrogens is 2. The Bertz CT molecular complexity index is 831. The average Bonchev–Trinajstić information content (AvgIpc) is 2.96. The molecule has 0 saturated heterocycles. The lowest BCUT2D eigenvalue weighted by molar-refractivity contribution is -0.137. The van der Waals surface area contributed by atoms with Crippen LogP contribution in [-0.4, -0.2) is 9.78 Å². The zero-order chi connectivity index (χ0) is 16.6. The van der Waals surface area contributed by atoms with Crippen molar-refractivity contribution in [3.8, 4) is 16.9 Å². The number of rotatable bonds is 2. The molecule has 1 radical (unpaired) electrons. The van der Waals surface area contributed by atoms with Crippen LogP contribution in [0, 0.1) is 17.7 Å². The van der Waals surface area contributed by atoms with E-state index in [1.54, 1.807) is 0 Å². The van der Waals surface area contributed by atoms with E-state index in [4.69, 9.17) is 0 Å². The van der Waals surface area contributed by atoms with Gasteiger partial charge in [0.05, 0.1) is 11.3 Å². The van der Waals surface area contributed by atoms with Gasteiger partial charge in [0.1, 0.15) is 5.69 Å². The molecule has 3 rings (SSSR count). The van der Waals surface area contributed by atoms with E-state index in [-0.39, 0.29) is 11.3 Å². The van der Waals surface area contributed by atoms with Crippen LogP contribution in [0.15, 0.2) is 48.7 Å². The average molecular weight is 323 g/mol. The second-order valence-corrected chi connectivity index (χ2v) is 4.70. The van der Waals surface area contributed by atoms with E-state index in [0.29, 0.717) is 0 Å². The molecular weight excluding hydrogens is 315 g/mol. The normalized spacial score (nSPS) is 11.7. The molecule has 2 nitrogen and oxygen atoms in total. The van der Waals surface area contributed by atoms with Gasteiger partial charge in [-0.15, -0.1) is 0 Å². The van der Waals surface area contributed by atoms with Crippen LogP contribution in [0.5, 0.6) is 0 Å². The maximum Gasteiger partial charge on any atom is 0.417 e. The summed E-state index contributed by atoms with van der Waals surface area (Å²) in [5.74, 6) is -1.64. The highest BCUT2D eigenvalue weighted by Crippen LogP contribution is 2.31. The molecule has 2 aromatic carbocycles. The first kappa shape index (κ1) is 15.2. The van der Waals surface area contributed by atoms with E-state index in [1.807, 2.05) is 0 Å². The molecule has 0 aliphatic heterocycles. The largest absolute Gasteiger partial charge is 0.417 e. The molecule has 1 aromatic heterocycles. The standard InChI is InChI=1S/C16H8F5N2/c17-12-5-2-6-13(18)15(12)23-8-7-14(22-23)10-3-1-4-11(9-10)16(19,20)21/h1-3,5-9H. The highest BCUT2D eigenvalue weighted by molar-refractivity contribution is 5.60. The van der Waals surface area contributed by atoms with Gasteiger partial charge >= 0.3 is 6.18 Å². The van der Waals surface area contributed by atoms with Gasteiger partial charge in [-0.3, -0.25) is 0 Å². The Morgan fingerprint density at radius 2 is 1.70 bits per heavy atom. The number of halogens is 5. The van der Waals surface area contributed by atoms with Gasteiger partial charge in [0.15, 0.2) is 11.6 Å². The Balaban J connectivity index is 2.03. The smallest absolute Gasteiger partial charge is 0.234 e. The van der Waals surface area contributed by atoms with Crippen molar-refractivity contribution in [3.05, 3.63) is 71.9 Å². The topological polar surface area (TPSA) is 17.8 Å². The molecule has 0 atom stereocenters. The van der Waals surface area contributed by atoms with Crippen LogP contribution in [0.25, 0.3) is 16.9 Å². The van der Waals surface area contributed by atoms with Gasteiger partial charge in [-0.2, -0.15) is 18.3 Å². The van der Waals surface area contributed by atoms with Crippen LogP contribution in [0.2, 0.25) is 0 Å². The molecule has 117 valence electrons. The Kier molecular flexibility index (Phi) is 3.63. The number of nitrogens with zero attached hydrogens (tertiary/aromatic N) is 2. The summed E-state index contributed by atoms with van der Waals surface area (Å²) in [6.07, 6.45) is -3.25. The molecule has 0 fully saturated rings. The first-order chi connectivity index (χ1) is 10.9. The molecule has 0 unspecified atom stereocenters. The minimum Gasteiger partial charge on any atom is -0.234 e. The number of benzene rings is 2. The third-order valence-corrected chi connectivity index (χ3v) is 3.16. The number of para-hydroxylation sites is 1. The Hall–Kier alpha value is -2.70. The predicted molar refractivity (Wildman–Crippen MR) is 72.8 cm³/mol. The summed E-state index contributed by atoms with van der Waals surface area (Å²) < 4.78 is 66.5. The zero-order valence-corrected chi connectivity index (χ0v) is 11.4. The fourth-order valence-electron chi connectivity index (χ4n) is 2.10. The Morgan fingerprint density at radius 1 is 1.00 bits per heavy atom. The molecule has 0 saturated carbocycles. The molecule has 0 spiro atoms. The lowest BCUT2D eigenvalue weighted by Gasteiger charge is -2.07. The fourth-order valence-corrected chi connectivity index (χ4v) is 2.10. The van der Waals surface area contributed by atoms with Gasteiger partial charge in [-0.05, 0) is 30.3 Å². The van der Waals surface area contributed by atoms with Crippen LogP contribution in [0.3, 0.4) is 0 Å². The van der Waals surface area contributed by atoms with Crippen LogP contribution in [-0.2, 0) is 6.18 Å². The maximum absolute atomic E-state index is 13.7. The number of alkyl halides is 3. The zero-order valence-electron chi connectivity index (χ0n) is 11.4. The first-order valence-electron chi connectivity index (χ1n) is 6.45. The molecule has 0 aliphatic rings. The molecular formula is C16H8F5N2. The van der Waals surface area contributed by atoms with Gasteiger partial charge in [0.25, 0.3) is 0 Å². The van der Waals surface area contributed by atoms with E-state index < -0.39 is 29.1 Å². The lowest BCUT2D eigenvalue weighted by Crippen LogP contribution is -2.05. The second kappa shape index (κ2) is 5.49. The molecule has 7 heteroatoms. The van der Waals surface area contributed by atoms with Crippen LogP contribution in [0.4, 0.5) is 22.0 Å². The summed E-state index contributed by atoms with van der Waals surface area (Å²) in [4.78, 5) is 0. The molecule has 23 heavy (non-hydrogen) atoms. The minimum absolute atomic E-state index is 0.159. The van der Waals surface area contributed by atoms with Crippen molar-refractivity contribution >= 4 is 0 Å². The van der Waals surface area contributed by atoms with Crippen molar-refractivity contribution in [3.63, 3.8) is 0 Å². The summed E-state index contributed by atoms with van der Waals surface area (Å²) in [6, 6.07) is 10.2. The first-order valence-corrected chi connectivity index (χ1v) is 6.45. The predicted octanol–water partition coefficient (Wildman–Crippen LogP) is 4.64. The van der Waals surface area contributed by atoms with Gasteiger partial charge in [-0.25, -0.2) is 13.5 Å². The van der Waals surface area contributed by atoms with Crippen LogP contribution >= 0.6 is 0 Å². The van der Waals surface area contributed by atoms with Gasteiger partial charge < -0.3 is 0 Å². The van der Waals surface area contributed by atoms with Crippen molar-refractivity contribution in [2.75, 3.05) is 0 Å².